The number of hydrogen-bond acceptors (Lipinski definition) is 4. The lowest BCUT2D eigenvalue weighted by Gasteiger charge is -2.07. The highest BCUT2D eigenvalue weighted by atomic mass is 16.4. The van der Waals surface area contributed by atoms with Crippen LogP contribution in [0.4, 0.5) is 17.1 Å². The van der Waals surface area contributed by atoms with Gasteiger partial charge in [-0.3, -0.25) is 5.10 Å². The number of nitrogens with one attached hydrogen (secondary N) is 2. The first-order chi connectivity index (χ1) is 7.68. The summed E-state index contributed by atoms with van der Waals surface area (Å²) in [6.45, 7) is 0. The molecule has 0 bridgehead atoms. The van der Waals surface area contributed by atoms with Crippen LogP contribution < -0.4 is 11.1 Å². The first-order valence-electron chi connectivity index (χ1n) is 4.56. The van der Waals surface area contributed by atoms with Crippen molar-refractivity contribution in [3.8, 4) is 0 Å². The number of carboxylic acid groups (broad SMARTS) is 1. The molecule has 0 amide bonds. The molecule has 0 saturated carbocycles. The molecule has 6 heteroatoms. The number of anilines is 3. The predicted octanol–water partition coefficient (Wildman–Crippen LogP) is 1.43. The Kier molecular flexibility index (Phi) is 2.47. The molecule has 0 saturated heterocycles. The molecule has 1 heterocycles. The fraction of sp³-hybridized carbons (Fsp3) is 0. The normalized spacial score (nSPS) is 10.0. The average molecular weight is 218 g/mol. The van der Waals surface area contributed by atoms with Crippen molar-refractivity contribution in [2.45, 2.75) is 0 Å². The number of benzene rings is 1. The maximum absolute atomic E-state index is 10.8. The molecule has 5 N–H and O–H groups in total. The molecule has 0 fully saturated rings. The number of aromatic nitrogens is 2. The number of para-hydroxylation sites is 2. The van der Waals surface area contributed by atoms with Gasteiger partial charge in [0.2, 0.25) is 0 Å². The minimum atomic E-state index is -1.07. The second-order valence-corrected chi connectivity index (χ2v) is 3.18. The Hall–Kier alpha value is -2.50. The SMILES string of the molecule is Nc1ccccc1Nc1cn[nH]c1C(=O)O. The van der Waals surface area contributed by atoms with Crippen LogP contribution in [0.1, 0.15) is 10.5 Å². The van der Waals surface area contributed by atoms with E-state index < -0.39 is 5.97 Å². The summed E-state index contributed by atoms with van der Waals surface area (Å²) in [5.41, 5.74) is 7.29. The standard InChI is InChI=1S/C10H10N4O2/c11-6-3-1-2-4-7(6)13-8-5-12-14-9(8)10(15)16/h1-5,13H,11H2,(H,12,14)(H,15,16). The van der Waals surface area contributed by atoms with Crippen LogP contribution in [0.3, 0.4) is 0 Å². The highest BCUT2D eigenvalue weighted by Gasteiger charge is 2.12. The van der Waals surface area contributed by atoms with Crippen LogP contribution in [-0.2, 0) is 0 Å². The number of hydrogen-bond donors (Lipinski definition) is 4. The molecule has 2 aromatic rings. The summed E-state index contributed by atoms with van der Waals surface area (Å²) < 4.78 is 0. The summed E-state index contributed by atoms with van der Waals surface area (Å²) in [6, 6.07) is 7.09. The molecule has 0 aliphatic carbocycles. The number of rotatable bonds is 3. The fourth-order valence-corrected chi connectivity index (χ4v) is 1.30. The van der Waals surface area contributed by atoms with Crippen LogP contribution in [0.5, 0.6) is 0 Å². The lowest BCUT2D eigenvalue weighted by Crippen LogP contribution is -2.02. The van der Waals surface area contributed by atoms with E-state index in [1.165, 1.54) is 6.20 Å². The van der Waals surface area contributed by atoms with E-state index in [0.717, 1.165) is 0 Å². The molecule has 6 nitrogen and oxygen atoms in total. The topological polar surface area (TPSA) is 104 Å². The van der Waals surface area contributed by atoms with Crippen molar-refractivity contribution in [1.82, 2.24) is 10.2 Å². The molecule has 82 valence electrons. The Morgan fingerprint density at radius 2 is 2.12 bits per heavy atom. The molecule has 1 aromatic heterocycles. The van der Waals surface area contributed by atoms with E-state index in [4.69, 9.17) is 10.8 Å². The van der Waals surface area contributed by atoms with Gasteiger partial charge in [0.1, 0.15) is 0 Å². The van der Waals surface area contributed by atoms with Gasteiger partial charge in [-0.2, -0.15) is 5.10 Å². The van der Waals surface area contributed by atoms with Gasteiger partial charge in [0.05, 0.1) is 23.3 Å². The van der Waals surface area contributed by atoms with E-state index in [9.17, 15) is 4.79 Å². The molecule has 0 radical (unpaired) electrons. The van der Waals surface area contributed by atoms with Gasteiger partial charge in [-0.15, -0.1) is 0 Å². The smallest absolute Gasteiger partial charge is 0.356 e. The van der Waals surface area contributed by atoms with Crippen LogP contribution in [-0.4, -0.2) is 21.3 Å². The quantitative estimate of drug-likeness (QED) is 0.583. The summed E-state index contributed by atoms with van der Waals surface area (Å²) in [5, 5.41) is 17.8. The van der Waals surface area contributed by atoms with Crippen molar-refractivity contribution in [2.24, 2.45) is 0 Å². The first-order valence-corrected chi connectivity index (χ1v) is 4.56. The van der Waals surface area contributed by atoms with E-state index in [1.807, 2.05) is 0 Å². The molecule has 2 rings (SSSR count). The van der Waals surface area contributed by atoms with Crippen molar-refractivity contribution >= 4 is 23.0 Å². The van der Waals surface area contributed by atoms with Crippen LogP contribution in [0.25, 0.3) is 0 Å². The zero-order valence-corrected chi connectivity index (χ0v) is 8.27. The van der Waals surface area contributed by atoms with E-state index in [2.05, 4.69) is 15.5 Å². The number of aromatic amines is 1. The van der Waals surface area contributed by atoms with Gasteiger partial charge < -0.3 is 16.2 Å². The zero-order valence-electron chi connectivity index (χ0n) is 8.27. The van der Waals surface area contributed by atoms with Gasteiger partial charge in [-0.25, -0.2) is 4.79 Å². The number of nitrogens with zero attached hydrogens (tertiary/aromatic N) is 1. The summed E-state index contributed by atoms with van der Waals surface area (Å²) in [6.07, 6.45) is 1.40. The minimum absolute atomic E-state index is 0.00301. The molecule has 0 atom stereocenters. The van der Waals surface area contributed by atoms with Crippen molar-refractivity contribution in [3.05, 3.63) is 36.2 Å². The van der Waals surface area contributed by atoms with Gasteiger partial charge in [0, 0.05) is 0 Å². The zero-order chi connectivity index (χ0) is 11.5. The van der Waals surface area contributed by atoms with E-state index in [-0.39, 0.29) is 5.69 Å². The second kappa shape index (κ2) is 3.93. The van der Waals surface area contributed by atoms with Crippen LogP contribution in [0.15, 0.2) is 30.5 Å². The number of carbonyl (C=O) groups is 1. The Morgan fingerprint density at radius 1 is 1.38 bits per heavy atom. The Morgan fingerprint density at radius 3 is 2.81 bits per heavy atom. The van der Waals surface area contributed by atoms with E-state index in [1.54, 1.807) is 24.3 Å². The summed E-state index contributed by atoms with van der Waals surface area (Å²) in [4.78, 5) is 10.8. The third-order valence-electron chi connectivity index (χ3n) is 2.08. The number of aromatic carboxylic acids is 1. The van der Waals surface area contributed by atoms with Crippen LogP contribution in [0, 0.1) is 0 Å². The molecule has 0 aliphatic rings. The van der Waals surface area contributed by atoms with Gasteiger partial charge in [-0.05, 0) is 12.1 Å². The van der Waals surface area contributed by atoms with Gasteiger partial charge in [-0.1, -0.05) is 12.1 Å². The minimum Gasteiger partial charge on any atom is -0.476 e. The maximum Gasteiger partial charge on any atom is 0.356 e. The Balaban J connectivity index is 2.31. The first kappa shape index (κ1) is 10.0. The predicted molar refractivity (Wildman–Crippen MR) is 59.7 cm³/mol. The number of H-pyrrole nitrogens is 1. The van der Waals surface area contributed by atoms with Crippen molar-refractivity contribution < 1.29 is 9.90 Å². The Bertz CT molecular complexity index is 521. The van der Waals surface area contributed by atoms with Crippen molar-refractivity contribution in [1.29, 1.82) is 0 Å². The lowest BCUT2D eigenvalue weighted by atomic mass is 10.2. The lowest BCUT2D eigenvalue weighted by molar-refractivity contribution is 0.0691. The summed E-state index contributed by atoms with van der Waals surface area (Å²) >= 11 is 0. The largest absolute Gasteiger partial charge is 0.476 e. The highest BCUT2D eigenvalue weighted by Crippen LogP contribution is 2.23. The third-order valence-corrected chi connectivity index (χ3v) is 2.08. The Labute approximate surface area is 91.1 Å². The van der Waals surface area contributed by atoms with Gasteiger partial charge in [0.25, 0.3) is 0 Å². The van der Waals surface area contributed by atoms with Crippen LogP contribution >= 0.6 is 0 Å². The van der Waals surface area contributed by atoms with E-state index >= 15 is 0 Å². The molecule has 16 heavy (non-hydrogen) atoms. The van der Waals surface area contributed by atoms with Crippen molar-refractivity contribution in [3.63, 3.8) is 0 Å². The molecule has 0 spiro atoms. The number of nitrogen functional groups attached to an aromatic ring is 1. The van der Waals surface area contributed by atoms with Gasteiger partial charge >= 0.3 is 5.97 Å². The summed E-state index contributed by atoms with van der Waals surface area (Å²) in [7, 11) is 0. The molecule has 1 aromatic carbocycles. The molecule has 0 unspecified atom stereocenters. The second-order valence-electron chi connectivity index (χ2n) is 3.18. The average Bonchev–Trinajstić information content (AvgIpc) is 2.69. The van der Waals surface area contributed by atoms with Crippen LogP contribution in [0.2, 0.25) is 0 Å². The number of carboxylic acids is 1. The molecular weight excluding hydrogens is 208 g/mol. The molecular formula is C10H10N4O2. The number of nitrogens with two attached hydrogens (primary N) is 1. The third kappa shape index (κ3) is 1.81. The fourth-order valence-electron chi connectivity index (χ4n) is 1.30. The maximum atomic E-state index is 10.8. The highest BCUT2D eigenvalue weighted by molar-refractivity contribution is 5.93. The summed E-state index contributed by atoms with van der Waals surface area (Å²) in [5.74, 6) is -1.07. The van der Waals surface area contributed by atoms with E-state index in [0.29, 0.717) is 17.1 Å². The van der Waals surface area contributed by atoms with Crippen molar-refractivity contribution in [2.75, 3.05) is 11.1 Å². The molecule has 0 aliphatic heterocycles. The monoisotopic (exact) mass is 218 g/mol. The van der Waals surface area contributed by atoms with Gasteiger partial charge in [0.15, 0.2) is 5.69 Å².